The van der Waals surface area contributed by atoms with Gasteiger partial charge in [-0.2, -0.15) is 13.2 Å². The molecule has 1 aromatic carbocycles. The number of aliphatic hydroxyl groups is 2. The minimum absolute atomic E-state index is 0.499. The molecule has 0 saturated carbocycles. The molecule has 18 heavy (non-hydrogen) atoms. The fourth-order valence-electron chi connectivity index (χ4n) is 1.27. The van der Waals surface area contributed by atoms with Gasteiger partial charge in [0.15, 0.2) is 9.84 Å². The maximum absolute atomic E-state index is 12.4. The van der Waals surface area contributed by atoms with Crippen molar-refractivity contribution < 1.29 is 31.8 Å². The van der Waals surface area contributed by atoms with Gasteiger partial charge < -0.3 is 10.2 Å². The van der Waals surface area contributed by atoms with E-state index in [9.17, 15) is 21.6 Å². The van der Waals surface area contributed by atoms with Crippen LogP contribution in [-0.2, 0) is 16.0 Å². The molecule has 8 heteroatoms. The Morgan fingerprint density at radius 1 is 1.28 bits per heavy atom. The Hall–Kier alpha value is -1.12. The zero-order valence-electron chi connectivity index (χ0n) is 9.05. The Bertz CT molecular complexity index is 510. The molecule has 0 unspecified atom stereocenters. The van der Waals surface area contributed by atoms with Crippen LogP contribution in [0.1, 0.15) is 5.56 Å². The van der Waals surface area contributed by atoms with Crippen molar-refractivity contribution in [3.8, 4) is 0 Å². The Balaban J connectivity index is 3.11. The summed E-state index contributed by atoms with van der Waals surface area (Å²) in [6.07, 6.45) is -6.16. The molecule has 4 nitrogen and oxygen atoms in total. The van der Waals surface area contributed by atoms with Crippen LogP contribution in [0.3, 0.4) is 0 Å². The lowest BCUT2D eigenvalue weighted by Crippen LogP contribution is -2.24. The molecule has 0 aliphatic rings. The summed E-state index contributed by atoms with van der Waals surface area (Å²) in [5.41, 5.74) is -1.08. The molecule has 102 valence electrons. The first kappa shape index (κ1) is 14.9. The molecule has 0 spiro atoms. The smallest absolute Gasteiger partial charge is 0.394 e. The number of hydrogen-bond donors (Lipinski definition) is 2. The van der Waals surface area contributed by atoms with E-state index in [2.05, 4.69) is 0 Å². The molecule has 0 amide bonds. The highest BCUT2D eigenvalue weighted by molar-refractivity contribution is 7.91. The molecule has 0 saturated heterocycles. The van der Waals surface area contributed by atoms with Crippen LogP contribution in [0, 0.1) is 0 Å². The zero-order chi connectivity index (χ0) is 14.0. The monoisotopic (exact) mass is 284 g/mol. The Labute approximate surface area is 102 Å². The fourth-order valence-corrected chi connectivity index (χ4v) is 2.66. The summed E-state index contributed by atoms with van der Waals surface area (Å²) in [5.74, 6) is -0.829. The number of sulfone groups is 1. The molecule has 2 N–H and O–H groups in total. The largest absolute Gasteiger partial charge is 0.416 e. The number of hydrogen-bond acceptors (Lipinski definition) is 4. The average molecular weight is 284 g/mol. The van der Waals surface area contributed by atoms with Crippen LogP contribution in [0.2, 0.25) is 0 Å². The van der Waals surface area contributed by atoms with Crippen molar-refractivity contribution in [2.24, 2.45) is 0 Å². The van der Waals surface area contributed by atoms with Crippen molar-refractivity contribution in [1.82, 2.24) is 0 Å². The van der Waals surface area contributed by atoms with Crippen LogP contribution in [0.15, 0.2) is 29.2 Å². The number of rotatable bonds is 4. The van der Waals surface area contributed by atoms with Gasteiger partial charge in [0.05, 0.1) is 28.9 Å². The summed E-state index contributed by atoms with van der Waals surface area (Å²) in [5, 5.41) is 17.6. The highest BCUT2D eigenvalue weighted by atomic mass is 32.2. The van der Waals surface area contributed by atoms with E-state index >= 15 is 0 Å². The number of halogens is 3. The quantitative estimate of drug-likeness (QED) is 0.859. The number of benzene rings is 1. The van der Waals surface area contributed by atoms with Gasteiger partial charge in [-0.25, -0.2) is 8.42 Å². The lowest BCUT2D eigenvalue weighted by Gasteiger charge is -2.11. The molecule has 0 aliphatic carbocycles. The van der Waals surface area contributed by atoms with Gasteiger partial charge in [0.2, 0.25) is 0 Å². The molecule has 0 fully saturated rings. The predicted octanol–water partition coefficient (Wildman–Crippen LogP) is 0.832. The second kappa shape index (κ2) is 5.25. The van der Waals surface area contributed by atoms with Crippen LogP contribution < -0.4 is 0 Å². The Morgan fingerprint density at radius 3 is 2.39 bits per heavy atom. The molecule has 0 aromatic heterocycles. The van der Waals surface area contributed by atoms with E-state index in [0.29, 0.717) is 6.07 Å². The third-order valence-electron chi connectivity index (χ3n) is 2.14. The van der Waals surface area contributed by atoms with Crippen LogP contribution in [0.4, 0.5) is 13.2 Å². The van der Waals surface area contributed by atoms with Crippen molar-refractivity contribution in [2.45, 2.75) is 17.2 Å². The minimum atomic E-state index is -4.64. The Kier molecular flexibility index (Phi) is 4.36. The van der Waals surface area contributed by atoms with Gasteiger partial charge in [-0.3, -0.25) is 0 Å². The van der Waals surface area contributed by atoms with Gasteiger partial charge in [0.1, 0.15) is 0 Å². The third kappa shape index (κ3) is 3.69. The lowest BCUT2D eigenvalue weighted by molar-refractivity contribution is -0.137. The molecule has 0 aliphatic heterocycles. The van der Waals surface area contributed by atoms with Gasteiger partial charge in [-0.15, -0.1) is 0 Å². The predicted molar refractivity (Wildman–Crippen MR) is 56.6 cm³/mol. The number of aliphatic hydroxyl groups excluding tert-OH is 2. The summed E-state index contributed by atoms with van der Waals surface area (Å²) in [6.45, 7) is -0.780. The van der Waals surface area contributed by atoms with Gasteiger partial charge in [-0.05, 0) is 18.2 Å². The van der Waals surface area contributed by atoms with Crippen molar-refractivity contribution in [3.63, 3.8) is 0 Å². The molecular formula is C10H11F3O4S. The summed E-state index contributed by atoms with van der Waals surface area (Å²) < 4.78 is 60.5. The van der Waals surface area contributed by atoms with Crippen molar-refractivity contribution in [2.75, 3.05) is 12.4 Å². The summed E-state index contributed by atoms with van der Waals surface area (Å²) in [4.78, 5) is -0.537. The first-order valence-electron chi connectivity index (χ1n) is 4.86. The van der Waals surface area contributed by atoms with E-state index in [4.69, 9.17) is 10.2 Å². The van der Waals surface area contributed by atoms with Gasteiger partial charge in [0, 0.05) is 0 Å². The lowest BCUT2D eigenvalue weighted by atomic mass is 10.2. The van der Waals surface area contributed by atoms with Gasteiger partial charge in [0.25, 0.3) is 0 Å². The SMILES string of the molecule is O=S(=O)(C[C@@H](O)CO)c1cccc(C(F)(F)F)c1. The standard InChI is InChI=1S/C10H11F3O4S/c11-10(12,13)7-2-1-3-9(4-7)18(16,17)6-8(15)5-14/h1-4,8,14-15H,5-6H2/t8-/m0/s1. The van der Waals surface area contributed by atoms with E-state index in [1.165, 1.54) is 0 Å². The average Bonchev–Trinajstić information content (AvgIpc) is 2.27. The van der Waals surface area contributed by atoms with Crippen molar-refractivity contribution >= 4 is 9.84 Å². The van der Waals surface area contributed by atoms with Crippen molar-refractivity contribution in [3.05, 3.63) is 29.8 Å². The maximum Gasteiger partial charge on any atom is 0.416 e. The van der Waals surface area contributed by atoms with Crippen LogP contribution in [0.25, 0.3) is 0 Å². The maximum atomic E-state index is 12.4. The highest BCUT2D eigenvalue weighted by Gasteiger charge is 2.31. The van der Waals surface area contributed by atoms with Gasteiger partial charge >= 0.3 is 6.18 Å². The normalized spacial score (nSPS) is 14.5. The van der Waals surface area contributed by atoms with Crippen LogP contribution >= 0.6 is 0 Å². The summed E-state index contributed by atoms with van der Waals surface area (Å²) in [6, 6.07) is 3.23. The molecule has 1 aromatic rings. The number of alkyl halides is 3. The molecule has 0 radical (unpaired) electrons. The topological polar surface area (TPSA) is 74.6 Å². The zero-order valence-corrected chi connectivity index (χ0v) is 9.87. The van der Waals surface area contributed by atoms with Crippen molar-refractivity contribution in [1.29, 1.82) is 0 Å². The first-order valence-corrected chi connectivity index (χ1v) is 6.51. The fraction of sp³-hybridized carbons (Fsp3) is 0.400. The van der Waals surface area contributed by atoms with Crippen LogP contribution in [-0.4, -0.2) is 37.1 Å². The summed E-state index contributed by atoms with van der Waals surface area (Å²) in [7, 11) is -4.06. The molecule has 0 bridgehead atoms. The minimum Gasteiger partial charge on any atom is -0.394 e. The van der Waals surface area contributed by atoms with Crippen LogP contribution in [0.5, 0.6) is 0 Å². The highest BCUT2D eigenvalue weighted by Crippen LogP contribution is 2.30. The second-order valence-electron chi connectivity index (χ2n) is 3.64. The Morgan fingerprint density at radius 2 is 1.89 bits per heavy atom. The molecule has 1 atom stereocenters. The first-order chi connectivity index (χ1) is 8.16. The van der Waals surface area contributed by atoms with Gasteiger partial charge in [-0.1, -0.05) is 6.07 Å². The molecule has 1 rings (SSSR count). The van der Waals surface area contributed by atoms with E-state index in [0.717, 1.165) is 18.2 Å². The molecule has 0 heterocycles. The van der Waals surface area contributed by atoms with E-state index in [-0.39, 0.29) is 0 Å². The van der Waals surface area contributed by atoms with E-state index in [1.807, 2.05) is 0 Å². The summed E-state index contributed by atoms with van der Waals surface area (Å²) >= 11 is 0. The van der Waals surface area contributed by atoms with E-state index in [1.54, 1.807) is 0 Å². The molecular weight excluding hydrogens is 273 g/mol. The second-order valence-corrected chi connectivity index (χ2v) is 5.68. The van der Waals surface area contributed by atoms with E-state index < -0.39 is 44.9 Å². The third-order valence-corrected chi connectivity index (χ3v) is 3.94.